The molecule has 7 heteroatoms. The van der Waals surface area contributed by atoms with Gasteiger partial charge in [0.2, 0.25) is 0 Å². The highest BCUT2D eigenvalue weighted by atomic mass is 32.2. The van der Waals surface area contributed by atoms with Crippen LogP contribution in [0.1, 0.15) is 25.7 Å². The second-order valence-electron chi connectivity index (χ2n) is 4.84. The highest BCUT2D eigenvalue weighted by Gasteiger charge is 2.20. The van der Waals surface area contributed by atoms with Crippen LogP contribution in [0.5, 0.6) is 0 Å². The highest BCUT2D eigenvalue weighted by Crippen LogP contribution is 2.25. The van der Waals surface area contributed by atoms with Crippen LogP contribution in [-0.4, -0.2) is 34.0 Å². The average Bonchev–Trinajstić information content (AvgIpc) is 2.44. The number of thioether (sulfide) groups is 1. The molecule has 2 rings (SSSR count). The number of aromatic nitrogens is 2. The lowest BCUT2D eigenvalue weighted by Gasteiger charge is -2.26. The van der Waals surface area contributed by atoms with Gasteiger partial charge in [-0.2, -0.15) is 0 Å². The predicted octanol–water partition coefficient (Wildman–Crippen LogP) is 1.45. The summed E-state index contributed by atoms with van der Waals surface area (Å²) in [6.07, 6.45) is 5.85. The van der Waals surface area contributed by atoms with E-state index in [9.17, 15) is 5.11 Å². The molecule has 0 aliphatic heterocycles. The van der Waals surface area contributed by atoms with Crippen molar-refractivity contribution in [3.05, 3.63) is 6.07 Å². The Morgan fingerprint density at radius 2 is 2.21 bits per heavy atom. The maximum absolute atomic E-state index is 9.66. The molecular weight excluding hydrogens is 262 g/mol. The van der Waals surface area contributed by atoms with Gasteiger partial charge in [0, 0.05) is 12.6 Å². The number of hydrazine groups is 1. The van der Waals surface area contributed by atoms with E-state index < -0.39 is 0 Å². The number of hydrogen-bond donors (Lipinski definition) is 4. The van der Waals surface area contributed by atoms with Crippen molar-refractivity contribution in [2.75, 3.05) is 23.5 Å². The van der Waals surface area contributed by atoms with Crippen molar-refractivity contribution < 1.29 is 5.11 Å². The van der Waals surface area contributed by atoms with Crippen molar-refractivity contribution in [2.45, 2.75) is 36.9 Å². The molecule has 1 heterocycles. The molecule has 1 aliphatic rings. The van der Waals surface area contributed by atoms with E-state index in [-0.39, 0.29) is 6.10 Å². The van der Waals surface area contributed by atoms with Crippen molar-refractivity contribution >= 4 is 23.4 Å². The summed E-state index contributed by atoms with van der Waals surface area (Å²) in [5.74, 6) is 7.27. The summed E-state index contributed by atoms with van der Waals surface area (Å²) in [5.41, 5.74) is 2.54. The van der Waals surface area contributed by atoms with Crippen LogP contribution in [-0.2, 0) is 0 Å². The molecule has 5 N–H and O–H groups in total. The number of hydrogen-bond acceptors (Lipinski definition) is 7. The molecule has 0 radical (unpaired) electrons. The summed E-state index contributed by atoms with van der Waals surface area (Å²) in [6.45, 7) is 0.825. The number of aliphatic hydroxyl groups excluding tert-OH is 1. The first-order valence-corrected chi connectivity index (χ1v) is 7.75. The minimum atomic E-state index is -0.144. The summed E-state index contributed by atoms with van der Waals surface area (Å²) < 4.78 is 0. The Morgan fingerprint density at radius 1 is 1.42 bits per heavy atom. The van der Waals surface area contributed by atoms with Crippen molar-refractivity contribution in [1.29, 1.82) is 0 Å². The number of nitrogen functional groups attached to an aromatic ring is 1. The summed E-state index contributed by atoms with van der Waals surface area (Å²) >= 11 is 1.48. The van der Waals surface area contributed by atoms with E-state index in [0.717, 1.165) is 38.0 Å². The third-order valence-corrected chi connectivity index (χ3v) is 3.91. The van der Waals surface area contributed by atoms with Gasteiger partial charge in [-0.15, -0.1) is 0 Å². The standard InChI is InChI=1S/C12H21N5OS/c1-19-12-15-10(6-11(16-12)17-13)14-7-8-3-2-4-9(18)5-8/h6,8-9,18H,2-5,7,13H2,1H3,(H2,14,15,16,17). The Morgan fingerprint density at radius 3 is 2.89 bits per heavy atom. The Hall–Kier alpha value is -1.05. The number of nitrogens with zero attached hydrogens (tertiary/aromatic N) is 2. The molecule has 0 amide bonds. The Balaban J connectivity index is 1.94. The molecule has 6 nitrogen and oxygen atoms in total. The third kappa shape index (κ3) is 4.22. The molecule has 106 valence electrons. The molecule has 2 unspecified atom stereocenters. The monoisotopic (exact) mass is 283 g/mol. The normalized spacial score (nSPS) is 23.1. The van der Waals surface area contributed by atoms with Crippen LogP contribution in [0.4, 0.5) is 11.6 Å². The van der Waals surface area contributed by atoms with E-state index in [2.05, 4.69) is 20.7 Å². The highest BCUT2D eigenvalue weighted by molar-refractivity contribution is 7.98. The molecule has 19 heavy (non-hydrogen) atoms. The molecule has 0 saturated heterocycles. The number of anilines is 2. The zero-order valence-corrected chi connectivity index (χ0v) is 11.9. The van der Waals surface area contributed by atoms with Gasteiger partial charge < -0.3 is 15.8 Å². The van der Waals surface area contributed by atoms with Gasteiger partial charge in [0.25, 0.3) is 0 Å². The van der Waals surface area contributed by atoms with Crippen LogP contribution in [0.15, 0.2) is 11.2 Å². The van der Waals surface area contributed by atoms with Gasteiger partial charge in [-0.05, 0) is 31.4 Å². The van der Waals surface area contributed by atoms with Gasteiger partial charge in [-0.3, -0.25) is 0 Å². The molecule has 1 aliphatic carbocycles. The number of nitrogens with one attached hydrogen (secondary N) is 2. The molecule has 1 aromatic rings. The summed E-state index contributed by atoms with van der Waals surface area (Å²) in [7, 11) is 0. The van der Waals surface area contributed by atoms with E-state index in [1.807, 2.05) is 6.26 Å². The fraction of sp³-hybridized carbons (Fsp3) is 0.667. The smallest absolute Gasteiger partial charge is 0.191 e. The van der Waals surface area contributed by atoms with Gasteiger partial charge >= 0.3 is 0 Å². The topological polar surface area (TPSA) is 96.1 Å². The van der Waals surface area contributed by atoms with Crippen molar-refractivity contribution in [3.8, 4) is 0 Å². The molecule has 0 aromatic carbocycles. The second kappa shape index (κ2) is 6.93. The largest absolute Gasteiger partial charge is 0.393 e. The maximum Gasteiger partial charge on any atom is 0.191 e. The lowest BCUT2D eigenvalue weighted by molar-refractivity contribution is 0.104. The first kappa shape index (κ1) is 14.4. The van der Waals surface area contributed by atoms with E-state index >= 15 is 0 Å². The number of nitrogens with two attached hydrogens (primary N) is 1. The van der Waals surface area contributed by atoms with E-state index in [4.69, 9.17) is 5.84 Å². The van der Waals surface area contributed by atoms with Crippen LogP contribution in [0.3, 0.4) is 0 Å². The number of rotatable bonds is 5. The maximum atomic E-state index is 9.66. The minimum absolute atomic E-state index is 0.144. The van der Waals surface area contributed by atoms with Crippen LogP contribution in [0, 0.1) is 5.92 Å². The average molecular weight is 283 g/mol. The van der Waals surface area contributed by atoms with Gasteiger partial charge in [0.15, 0.2) is 5.16 Å². The van der Waals surface area contributed by atoms with Gasteiger partial charge in [-0.1, -0.05) is 18.2 Å². The van der Waals surface area contributed by atoms with Crippen molar-refractivity contribution in [2.24, 2.45) is 11.8 Å². The summed E-state index contributed by atoms with van der Waals surface area (Å²) in [5, 5.41) is 13.7. The first-order chi connectivity index (χ1) is 9.21. The molecule has 1 saturated carbocycles. The second-order valence-corrected chi connectivity index (χ2v) is 5.61. The summed E-state index contributed by atoms with van der Waals surface area (Å²) in [6, 6.07) is 1.79. The quantitative estimate of drug-likeness (QED) is 0.281. The lowest BCUT2D eigenvalue weighted by atomic mass is 9.87. The fourth-order valence-electron chi connectivity index (χ4n) is 2.38. The Bertz CT molecular complexity index is 395. The Kier molecular flexibility index (Phi) is 5.24. The predicted molar refractivity (Wildman–Crippen MR) is 78.1 cm³/mol. The lowest BCUT2D eigenvalue weighted by Crippen LogP contribution is -2.25. The molecule has 1 aromatic heterocycles. The van der Waals surface area contributed by atoms with Gasteiger partial charge in [0.05, 0.1) is 6.10 Å². The molecule has 2 atom stereocenters. The fourth-order valence-corrected chi connectivity index (χ4v) is 2.76. The van der Waals surface area contributed by atoms with Crippen LogP contribution in [0.25, 0.3) is 0 Å². The third-order valence-electron chi connectivity index (χ3n) is 3.36. The Labute approximate surface area is 117 Å². The molecular formula is C12H21N5OS. The minimum Gasteiger partial charge on any atom is -0.393 e. The van der Waals surface area contributed by atoms with Gasteiger partial charge in [0.1, 0.15) is 11.6 Å². The van der Waals surface area contributed by atoms with E-state index in [0.29, 0.717) is 16.9 Å². The van der Waals surface area contributed by atoms with Crippen LogP contribution < -0.4 is 16.6 Å². The van der Waals surface area contributed by atoms with E-state index in [1.165, 1.54) is 11.8 Å². The molecule has 1 fully saturated rings. The van der Waals surface area contributed by atoms with Crippen LogP contribution >= 0.6 is 11.8 Å². The van der Waals surface area contributed by atoms with Crippen LogP contribution in [0.2, 0.25) is 0 Å². The SMILES string of the molecule is CSc1nc(NN)cc(NCC2CCCC(O)C2)n1. The van der Waals surface area contributed by atoms with Gasteiger partial charge in [-0.25, -0.2) is 15.8 Å². The van der Waals surface area contributed by atoms with Crippen molar-refractivity contribution in [1.82, 2.24) is 9.97 Å². The van der Waals surface area contributed by atoms with Crippen molar-refractivity contribution in [3.63, 3.8) is 0 Å². The summed E-state index contributed by atoms with van der Waals surface area (Å²) in [4.78, 5) is 8.60. The first-order valence-electron chi connectivity index (χ1n) is 6.53. The molecule has 0 bridgehead atoms. The number of aliphatic hydroxyl groups is 1. The molecule has 0 spiro atoms. The zero-order chi connectivity index (χ0) is 13.7. The zero-order valence-electron chi connectivity index (χ0n) is 11.1. The van der Waals surface area contributed by atoms with E-state index in [1.54, 1.807) is 6.07 Å².